The molecule has 1 saturated heterocycles. The molecule has 1 amide bonds. The van der Waals surface area contributed by atoms with Crippen LogP contribution in [-0.2, 0) is 6.54 Å². The predicted octanol–water partition coefficient (Wildman–Crippen LogP) is 2.51. The summed E-state index contributed by atoms with van der Waals surface area (Å²) in [6, 6.07) is 1.90. The number of likely N-dealkylation sites (tertiary alicyclic amines) is 1. The molecule has 0 radical (unpaired) electrons. The van der Waals surface area contributed by atoms with Crippen molar-refractivity contribution in [3.8, 4) is 0 Å². The van der Waals surface area contributed by atoms with E-state index < -0.39 is 0 Å². The summed E-state index contributed by atoms with van der Waals surface area (Å²) in [5.41, 5.74) is 0.762. The van der Waals surface area contributed by atoms with E-state index in [1.807, 2.05) is 21.7 Å². The fraction of sp³-hybridized carbons (Fsp3) is 0.643. The van der Waals surface area contributed by atoms with E-state index in [9.17, 15) is 4.79 Å². The van der Waals surface area contributed by atoms with Gasteiger partial charge in [0.1, 0.15) is 5.69 Å². The number of aryl methyl sites for hydroxylation is 1. The molecule has 0 saturated carbocycles. The lowest BCUT2D eigenvalue weighted by atomic mass is 10.1. The molecular weight excluding hydrogens is 308 g/mol. The van der Waals surface area contributed by atoms with Crippen molar-refractivity contribution >= 4 is 21.8 Å². The molecule has 1 aromatic rings. The van der Waals surface area contributed by atoms with Gasteiger partial charge in [-0.3, -0.25) is 4.79 Å². The Kier molecular flexibility index (Phi) is 5.05. The van der Waals surface area contributed by atoms with E-state index in [4.69, 9.17) is 5.11 Å². The first-order valence-electron chi connectivity index (χ1n) is 6.91. The van der Waals surface area contributed by atoms with E-state index in [0.717, 1.165) is 49.1 Å². The number of amides is 1. The molecule has 0 aliphatic carbocycles. The molecule has 0 aromatic carbocycles. The lowest BCUT2D eigenvalue weighted by molar-refractivity contribution is 0.0774. The van der Waals surface area contributed by atoms with Gasteiger partial charge in [-0.15, -0.1) is 0 Å². The number of hydrogen-bond donors (Lipinski definition) is 1. The molecule has 1 atom stereocenters. The van der Waals surface area contributed by atoms with Gasteiger partial charge < -0.3 is 14.6 Å². The van der Waals surface area contributed by atoms with E-state index in [2.05, 4.69) is 22.9 Å². The topological polar surface area (TPSA) is 45.5 Å². The Morgan fingerprint density at radius 3 is 3.05 bits per heavy atom. The fourth-order valence-electron chi connectivity index (χ4n) is 2.68. The minimum absolute atomic E-state index is 0.111. The van der Waals surface area contributed by atoms with Crippen molar-refractivity contribution in [1.82, 2.24) is 9.47 Å². The van der Waals surface area contributed by atoms with Gasteiger partial charge in [0, 0.05) is 36.9 Å². The molecule has 5 heteroatoms. The lowest BCUT2D eigenvalue weighted by Crippen LogP contribution is -2.30. The van der Waals surface area contributed by atoms with Crippen LogP contribution < -0.4 is 0 Å². The molecule has 4 nitrogen and oxygen atoms in total. The van der Waals surface area contributed by atoms with Crippen molar-refractivity contribution in [3.05, 3.63) is 22.4 Å². The van der Waals surface area contributed by atoms with Gasteiger partial charge in [-0.2, -0.15) is 0 Å². The molecule has 19 heavy (non-hydrogen) atoms. The summed E-state index contributed by atoms with van der Waals surface area (Å²) in [7, 11) is 0. The van der Waals surface area contributed by atoms with Gasteiger partial charge in [-0.25, -0.2) is 0 Å². The normalized spacial score (nSPS) is 19.1. The number of halogens is 1. The zero-order chi connectivity index (χ0) is 13.8. The van der Waals surface area contributed by atoms with E-state index in [1.165, 1.54) is 0 Å². The smallest absolute Gasteiger partial charge is 0.270 e. The molecule has 1 unspecified atom stereocenters. The van der Waals surface area contributed by atoms with E-state index in [1.54, 1.807) is 0 Å². The zero-order valence-electron chi connectivity index (χ0n) is 11.3. The summed E-state index contributed by atoms with van der Waals surface area (Å²) in [6.45, 7) is 4.76. The quantitative estimate of drug-likeness (QED) is 0.902. The van der Waals surface area contributed by atoms with Crippen LogP contribution in [-0.4, -0.2) is 40.2 Å². The first kappa shape index (κ1) is 14.6. The number of aliphatic hydroxyl groups excluding tert-OH is 1. The Labute approximate surface area is 122 Å². The van der Waals surface area contributed by atoms with Crippen molar-refractivity contribution in [1.29, 1.82) is 0 Å². The average molecular weight is 329 g/mol. The lowest BCUT2D eigenvalue weighted by Gasteiger charge is -2.17. The largest absolute Gasteiger partial charge is 0.396 e. The Balaban J connectivity index is 2.07. The highest BCUT2D eigenvalue weighted by molar-refractivity contribution is 9.10. The van der Waals surface area contributed by atoms with Crippen molar-refractivity contribution in [3.63, 3.8) is 0 Å². The molecule has 1 aromatic heterocycles. The van der Waals surface area contributed by atoms with Crippen LogP contribution in [0.15, 0.2) is 16.7 Å². The Bertz CT molecular complexity index is 445. The van der Waals surface area contributed by atoms with Crippen molar-refractivity contribution in [2.45, 2.75) is 32.7 Å². The second-order valence-corrected chi connectivity index (χ2v) is 6.07. The molecule has 106 valence electrons. The van der Waals surface area contributed by atoms with Gasteiger partial charge in [0.25, 0.3) is 5.91 Å². The highest BCUT2D eigenvalue weighted by Crippen LogP contribution is 2.23. The second-order valence-electron chi connectivity index (χ2n) is 5.16. The summed E-state index contributed by atoms with van der Waals surface area (Å²) < 4.78 is 2.97. The van der Waals surface area contributed by atoms with Crippen molar-refractivity contribution < 1.29 is 9.90 Å². The summed E-state index contributed by atoms with van der Waals surface area (Å²) in [6.07, 6.45) is 4.78. The third kappa shape index (κ3) is 3.39. The van der Waals surface area contributed by atoms with Crippen LogP contribution in [0.5, 0.6) is 0 Å². The molecule has 0 spiro atoms. The third-order valence-electron chi connectivity index (χ3n) is 3.66. The van der Waals surface area contributed by atoms with Gasteiger partial charge in [0.15, 0.2) is 0 Å². The molecule has 2 rings (SSSR count). The standard InChI is InChI=1S/C14H21BrN2O2/c1-2-5-16-10-12(15)8-13(16)14(19)17-6-3-11(9-17)4-7-18/h8,10-11,18H,2-7,9H2,1H3. The number of carbonyl (C=O) groups is 1. The van der Waals surface area contributed by atoms with Crippen LogP contribution >= 0.6 is 15.9 Å². The monoisotopic (exact) mass is 328 g/mol. The molecule has 1 N–H and O–H groups in total. The zero-order valence-corrected chi connectivity index (χ0v) is 12.9. The fourth-order valence-corrected chi connectivity index (χ4v) is 3.14. The molecule has 1 aliphatic rings. The van der Waals surface area contributed by atoms with Crippen LogP contribution in [0, 0.1) is 5.92 Å². The molecule has 2 heterocycles. The van der Waals surface area contributed by atoms with Gasteiger partial charge in [-0.05, 0) is 47.2 Å². The van der Waals surface area contributed by atoms with Crippen LogP contribution in [0.1, 0.15) is 36.7 Å². The molecule has 1 fully saturated rings. The Morgan fingerprint density at radius 1 is 1.58 bits per heavy atom. The van der Waals surface area contributed by atoms with E-state index in [-0.39, 0.29) is 12.5 Å². The third-order valence-corrected chi connectivity index (χ3v) is 4.09. The van der Waals surface area contributed by atoms with Gasteiger partial charge >= 0.3 is 0 Å². The SMILES string of the molecule is CCCn1cc(Br)cc1C(=O)N1CCC(CCO)C1. The molecule has 1 aliphatic heterocycles. The van der Waals surface area contributed by atoms with Gasteiger partial charge in [0.2, 0.25) is 0 Å². The number of nitrogens with zero attached hydrogens (tertiary/aromatic N) is 2. The summed E-state index contributed by atoms with van der Waals surface area (Å²) in [5, 5.41) is 8.97. The number of aliphatic hydroxyl groups is 1. The summed E-state index contributed by atoms with van der Waals surface area (Å²) in [5.74, 6) is 0.562. The first-order valence-corrected chi connectivity index (χ1v) is 7.70. The Hall–Kier alpha value is -0.810. The first-order chi connectivity index (χ1) is 9.15. The average Bonchev–Trinajstić information content (AvgIpc) is 2.97. The van der Waals surface area contributed by atoms with Crippen LogP contribution in [0.3, 0.4) is 0 Å². The minimum Gasteiger partial charge on any atom is -0.396 e. The second kappa shape index (κ2) is 6.57. The van der Waals surface area contributed by atoms with Gasteiger partial charge in [-0.1, -0.05) is 6.92 Å². The summed E-state index contributed by atoms with van der Waals surface area (Å²) >= 11 is 3.44. The van der Waals surface area contributed by atoms with Crippen molar-refractivity contribution in [2.75, 3.05) is 19.7 Å². The molecule has 0 bridgehead atoms. The maximum atomic E-state index is 12.5. The maximum Gasteiger partial charge on any atom is 0.270 e. The minimum atomic E-state index is 0.111. The van der Waals surface area contributed by atoms with Crippen LogP contribution in [0.4, 0.5) is 0 Å². The number of rotatable bonds is 5. The Morgan fingerprint density at radius 2 is 2.37 bits per heavy atom. The number of aromatic nitrogens is 1. The highest BCUT2D eigenvalue weighted by atomic mass is 79.9. The van der Waals surface area contributed by atoms with Crippen molar-refractivity contribution in [2.24, 2.45) is 5.92 Å². The van der Waals surface area contributed by atoms with E-state index in [0.29, 0.717) is 5.92 Å². The van der Waals surface area contributed by atoms with Crippen LogP contribution in [0.2, 0.25) is 0 Å². The predicted molar refractivity (Wildman–Crippen MR) is 78.1 cm³/mol. The van der Waals surface area contributed by atoms with Crippen LogP contribution in [0.25, 0.3) is 0 Å². The highest BCUT2D eigenvalue weighted by Gasteiger charge is 2.28. The number of hydrogen-bond acceptors (Lipinski definition) is 2. The molecular formula is C14H21BrN2O2. The maximum absolute atomic E-state index is 12.5. The number of carbonyl (C=O) groups excluding carboxylic acids is 1. The van der Waals surface area contributed by atoms with Gasteiger partial charge in [0.05, 0.1) is 0 Å². The summed E-state index contributed by atoms with van der Waals surface area (Å²) in [4.78, 5) is 14.4. The van der Waals surface area contributed by atoms with E-state index >= 15 is 0 Å².